The van der Waals surface area contributed by atoms with Crippen molar-refractivity contribution in [1.29, 1.82) is 0 Å². The normalized spacial score (nSPS) is 10.0. The Morgan fingerprint density at radius 1 is 1.58 bits per heavy atom. The molecule has 0 amide bonds. The second-order valence-electron chi connectivity index (χ2n) is 2.66. The first-order chi connectivity index (χ1) is 5.65. The summed E-state index contributed by atoms with van der Waals surface area (Å²) in [5, 5.41) is 0. The number of nitrogens with zero attached hydrogens (tertiary/aromatic N) is 2. The maximum absolute atomic E-state index is 12.7. The highest BCUT2D eigenvalue weighted by Crippen LogP contribution is 2.17. The predicted molar refractivity (Wildman–Crippen MR) is 48.1 cm³/mol. The molecular weight excluding hydrogens is 179 g/mol. The van der Waals surface area contributed by atoms with E-state index in [1.54, 1.807) is 4.90 Å². The first-order valence-corrected chi connectivity index (χ1v) is 4.06. The summed E-state index contributed by atoms with van der Waals surface area (Å²) in [6, 6.07) is 1.40. The van der Waals surface area contributed by atoms with Crippen molar-refractivity contribution in [3.05, 3.63) is 23.6 Å². The molecule has 0 unspecified atom stereocenters. The van der Waals surface area contributed by atoms with Gasteiger partial charge in [0.25, 0.3) is 0 Å². The first-order valence-electron chi connectivity index (χ1n) is 3.53. The van der Waals surface area contributed by atoms with Crippen LogP contribution in [0.1, 0.15) is 5.56 Å². The zero-order valence-electron chi connectivity index (χ0n) is 7.01. The monoisotopic (exact) mass is 188 g/mol. The molecule has 0 N–H and O–H groups in total. The molecule has 0 aliphatic carbocycles. The average molecular weight is 189 g/mol. The first kappa shape index (κ1) is 9.26. The third-order valence-electron chi connectivity index (χ3n) is 1.48. The van der Waals surface area contributed by atoms with Crippen LogP contribution in [-0.4, -0.2) is 19.1 Å². The van der Waals surface area contributed by atoms with Gasteiger partial charge < -0.3 is 4.90 Å². The van der Waals surface area contributed by atoms with Gasteiger partial charge in [0.1, 0.15) is 11.6 Å². The Hall–Kier alpha value is -0.830. The number of hydrogen-bond acceptors (Lipinski definition) is 2. The van der Waals surface area contributed by atoms with Crippen LogP contribution < -0.4 is 4.90 Å². The highest BCUT2D eigenvalue weighted by molar-refractivity contribution is 6.17. The molecule has 0 bridgehead atoms. The Morgan fingerprint density at radius 2 is 2.25 bits per heavy atom. The summed E-state index contributed by atoms with van der Waals surface area (Å²) >= 11 is 5.61. The molecule has 0 aliphatic rings. The number of halogens is 2. The third kappa shape index (κ3) is 1.85. The maximum Gasteiger partial charge on any atom is 0.141 e. The molecule has 0 aromatic carbocycles. The zero-order chi connectivity index (χ0) is 9.14. The highest BCUT2D eigenvalue weighted by Gasteiger charge is 2.05. The van der Waals surface area contributed by atoms with E-state index in [0.29, 0.717) is 11.4 Å². The number of alkyl halides is 1. The lowest BCUT2D eigenvalue weighted by molar-refractivity contribution is 0.619. The van der Waals surface area contributed by atoms with Crippen LogP contribution in [0.3, 0.4) is 0 Å². The predicted octanol–water partition coefficient (Wildman–Crippen LogP) is 2.03. The van der Waals surface area contributed by atoms with Crippen LogP contribution in [0.15, 0.2) is 12.3 Å². The largest absolute Gasteiger partial charge is 0.362 e. The van der Waals surface area contributed by atoms with E-state index in [1.165, 1.54) is 12.3 Å². The summed E-state index contributed by atoms with van der Waals surface area (Å²) < 4.78 is 12.7. The van der Waals surface area contributed by atoms with E-state index in [0.717, 1.165) is 0 Å². The van der Waals surface area contributed by atoms with E-state index in [1.807, 2.05) is 14.1 Å². The Bertz CT molecular complexity index is 276. The number of pyridine rings is 1. The molecule has 1 aromatic rings. The summed E-state index contributed by atoms with van der Waals surface area (Å²) in [4.78, 5) is 5.72. The zero-order valence-corrected chi connectivity index (χ0v) is 7.77. The van der Waals surface area contributed by atoms with E-state index in [2.05, 4.69) is 4.98 Å². The Balaban J connectivity index is 3.11. The molecule has 12 heavy (non-hydrogen) atoms. The van der Waals surface area contributed by atoms with Gasteiger partial charge in [0, 0.05) is 19.7 Å². The molecule has 2 nitrogen and oxygen atoms in total. The summed E-state index contributed by atoms with van der Waals surface area (Å²) in [6.07, 6.45) is 1.19. The van der Waals surface area contributed by atoms with Crippen LogP contribution >= 0.6 is 11.6 Å². The Morgan fingerprint density at radius 3 is 2.75 bits per heavy atom. The standard InChI is InChI=1S/C8H10ClFN2/c1-12(2)8-6(4-9)3-7(10)5-11-8/h3,5H,4H2,1-2H3. The van der Waals surface area contributed by atoms with Crippen molar-refractivity contribution < 1.29 is 4.39 Å². The smallest absolute Gasteiger partial charge is 0.141 e. The quantitative estimate of drug-likeness (QED) is 0.661. The third-order valence-corrected chi connectivity index (χ3v) is 1.77. The van der Waals surface area contributed by atoms with Crippen molar-refractivity contribution in [2.75, 3.05) is 19.0 Å². The lowest BCUT2D eigenvalue weighted by atomic mass is 10.3. The van der Waals surface area contributed by atoms with Crippen molar-refractivity contribution in [2.24, 2.45) is 0 Å². The average Bonchev–Trinajstić information content (AvgIpc) is 2.03. The molecule has 0 saturated carbocycles. The maximum atomic E-state index is 12.7. The van der Waals surface area contributed by atoms with Gasteiger partial charge in [-0.15, -0.1) is 11.6 Å². The van der Waals surface area contributed by atoms with Gasteiger partial charge in [-0.2, -0.15) is 0 Å². The van der Waals surface area contributed by atoms with Crippen molar-refractivity contribution in [1.82, 2.24) is 4.98 Å². The van der Waals surface area contributed by atoms with Crippen LogP contribution in [0.5, 0.6) is 0 Å². The molecule has 0 saturated heterocycles. The van der Waals surface area contributed by atoms with E-state index in [9.17, 15) is 4.39 Å². The van der Waals surface area contributed by atoms with Crippen LogP contribution in [0.2, 0.25) is 0 Å². The van der Waals surface area contributed by atoms with Crippen LogP contribution in [0.25, 0.3) is 0 Å². The summed E-state index contributed by atoms with van der Waals surface area (Å²) in [5.41, 5.74) is 0.710. The Labute approximate surface area is 76.0 Å². The SMILES string of the molecule is CN(C)c1ncc(F)cc1CCl. The van der Waals surface area contributed by atoms with Gasteiger partial charge in [-0.1, -0.05) is 0 Å². The van der Waals surface area contributed by atoms with Crippen LogP contribution in [0.4, 0.5) is 10.2 Å². The molecule has 0 radical (unpaired) electrons. The summed E-state index contributed by atoms with van der Waals surface area (Å²) in [5.74, 6) is 0.640. The van der Waals surface area contributed by atoms with Crippen LogP contribution in [0, 0.1) is 5.82 Å². The summed E-state index contributed by atoms with van der Waals surface area (Å²) in [7, 11) is 3.69. The highest BCUT2D eigenvalue weighted by atomic mass is 35.5. The number of anilines is 1. The molecule has 0 fully saturated rings. The minimum Gasteiger partial charge on any atom is -0.362 e. The second-order valence-corrected chi connectivity index (χ2v) is 2.93. The molecule has 66 valence electrons. The van der Waals surface area contributed by atoms with E-state index in [-0.39, 0.29) is 11.7 Å². The van der Waals surface area contributed by atoms with E-state index >= 15 is 0 Å². The van der Waals surface area contributed by atoms with Gasteiger partial charge in [-0.25, -0.2) is 9.37 Å². The van der Waals surface area contributed by atoms with E-state index < -0.39 is 0 Å². The molecular formula is C8H10ClFN2. The van der Waals surface area contributed by atoms with Gasteiger partial charge in [0.15, 0.2) is 0 Å². The molecule has 0 spiro atoms. The topological polar surface area (TPSA) is 16.1 Å². The van der Waals surface area contributed by atoms with Gasteiger partial charge >= 0.3 is 0 Å². The number of rotatable bonds is 2. The second kappa shape index (κ2) is 3.72. The fourth-order valence-corrected chi connectivity index (χ4v) is 1.17. The van der Waals surface area contributed by atoms with Crippen molar-refractivity contribution in [3.8, 4) is 0 Å². The minimum absolute atomic E-state index is 0.276. The van der Waals surface area contributed by atoms with Crippen LogP contribution in [-0.2, 0) is 5.88 Å². The number of aromatic nitrogens is 1. The molecule has 1 aromatic heterocycles. The van der Waals surface area contributed by atoms with Crippen molar-refractivity contribution >= 4 is 17.4 Å². The van der Waals surface area contributed by atoms with Crippen molar-refractivity contribution in [3.63, 3.8) is 0 Å². The van der Waals surface area contributed by atoms with Gasteiger partial charge in [-0.3, -0.25) is 0 Å². The lowest BCUT2D eigenvalue weighted by Gasteiger charge is -2.14. The summed E-state index contributed by atoms with van der Waals surface area (Å²) in [6.45, 7) is 0. The number of hydrogen-bond donors (Lipinski definition) is 0. The molecule has 1 rings (SSSR count). The Kier molecular flexibility index (Phi) is 2.87. The van der Waals surface area contributed by atoms with E-state index in [4.69, 9.17) is 11.6 Å². The fraction of sp³-hybridized carbons (Fsp3) is 0.375. The van der Waals surface area contributed by atoms with Gasteiger partial charge in [0.05, 0.1) is 12.1 Å². The fourth-order valence-electron chi connectivity index (χ4n) is 0.975. The van der Waals surface area contributed by atoms with Gasteiger partial charge in [0.2, 0.25) is 0 Å². The molecule has 0 atom stereocenters. The minimum atomic E-state index is -0.351. The van der Waals surface area contributed by atoms with Gasteiger partial charge in [-0.05, 0) is 6.07 Å². The molecule has 4 heteroatoms. The lowest BCUT2D eigenvalue weighted by Crippen LogP contribution is -2.13. The van der Waals surface area contributed by atoms with Crippen molar-refractivity contribution in [2.45, 2.75) is 5.88 Å². The molecule has 1 heterocycles. The molecule has 0 aliphatic heterocycles.